The lowest BCUT2D eigenvalue weighted by Crippen LogP contribution is -2.45. The van der Waals surface area contributed by atoms with E-state index in [9.17, 15) is 9.59 Å². The summed E-state index contributed by atoms with van der Waals surface area (Å²) in [5.74, 6) is 0.152. The zero-order valence-corrected chi connectivity index (χ0v) is 9.93. The van der Waals surface area contributed by atoms with Gasteiger partial charge in [0.2, 0.25) is 5.91 Å². The van der Waals surface area contributed by atoms with E-state index in [0.717, 1.165) is 25.7 Å². The van der Waals surface area contributed by atoms with Crippen LogP contribution < -0.4 is 5.32 Å². The maximum Gasteiger partial charge on any atom is 0.226 e. The van der Waals surface area contributed by atoms with Crippen LogP contribution in [0.1, 0.15) is 52.9 Å². The Labute approximate surface area is 91.6 Å². The summed E-state index contributed by atoms with van der Waals surface area (Å²) in [5.41, 5.74) is -0.234. The van der Waals surface area contributed by atoms with Gasteiger partial charge < -0.3 is 5.32 Å². The molecule has 0 aliphatic heterocycles. The lowest BCUT2D eigenvalue weighted by atomic mass is 9.87. The van der Waals surface area contributed by atoms with Crippen molar-refractivity contribution in [3.8, 4) is 0 Å². The Balaban J connectivity index is 2.51. The fourth-order valence-electron chi connectivity index (χ4n) is 2.14. The molecule has 1 unspecified atom stereocenters. The van der Waals surface area contributed by atoms with Crippen LogP contribution in [-0.4, -0.2) is 17.7 Å². The molecule has 1 aliphatic rings. The van der Waals surface area contributed by atoms with Crippen LogP contribution >= 0.6 is 0 Å². The average molecular weight is 211 g/mol. The molecule has 1 fully saturated rings. The summed E-state index contributed by atoms with van der Waals surface area (Å²) in [7, 11) is 0. The Hall–Kier alpha value is -0.860. The number of hydrogen-bond acceptors (Lipinski definition) is 2. The largest absolute Gasteiger partial charge is 0.346 e. The lowest BCUT2D eigenvalue weighted by Gasteiger charge is -2.24. The molecule has 1 aliphatic carbocycles. The van der Waals surface area contributed by atoms with Crippen molar-refractivity contribution in [1.29, 1.82) is 0 Å². The molecule has 1 N–H and O–H groups in total. The van der Waals surface area contributed by atoms with Crippen molar-refractivity contribution in [2.75, 3.05) is 0 Å². The number of carbonyl (C=O) groups is 2. The van der Waals surface area contributed by atoms with E-state index in [1.165, 1.54) is 0 Å². The zero-order valence-electron chi connectivity index (χ0n) is 9.93. The van der Waals surface area contributed by atoms with Crippen molar-refractivity contribution in [3.63, 3.8) is 0 Å². The minimum Gasteiger partial charge on any atom is -0.346 e. The molecule has 1 atom stereocenters. The highest BCUT2D eigenvalue weighted by atomic mass is 16.2. The fourth-order valence-corrected chi connectivity index (χ4v) is 2.14. The van der Waals surface area contributed by atoms with Crippen LogP contribution in [-0.2, 0) is 9.59 Å². The molecule has 1 rings (SSSR count). The zero-order chi connectivity index (χ0) is 11.5. The van der Waals surface area contributed by atoms with E-state index in [4.69, 9.17) is 0 Å². The van der Waals surface area contributed by atoms with E-state index in [2.05, 4.69) is 5.32 Å². The summed E-state index contributed by atoms with van der Waals surface area (Å²) >= 11 is 0. The Kier molecular flexibility index (Phi) is 3.89. The first kappa shape index (κ1) is 12.2. The number of ketones is 1. The molecule has 0 heterocycles. The van der Waals surface area contributed by atoms with Crippen LogP contribution in [0.2, 0.25) is 0 Å². The van der Waals surface area contributed by atoms with Gasteiger partial charge in [0, 0.05) is 11.8 Å². The topological polar surface area (TPSA) is 46.2 Å². The SMILES string of the molecule is CCC(=O)C(C)NC(=O)C1(C)CCCC1. The lowest BCUT2D eigenvalue weighted by molar-refractivity contribution is -0.133. The maximum absolute atomic E-state index is 11.9. The standard InChI is InChI=1S/C12H21NO2/c1-4-10(14)9(2)13-11(15)12(3)7-5-6-8-12/h9H,4-8H2,1-3H3,(H,13,15). The minimum atomic E-state index is -0.333. The summed E-state index contributed by atoms with van der Waals surface area (Å²) in [6.07, 6.45) is 4.63. The molecule has 3 nitrogen and oxygen atoms in total. The van der Waals surface area contributed by atoms with Gasteiger partial charge in [-0.05, 0) is 19.8 Å². The molecule has 0 bridgehead atoms. The second kappa shape index (κ2) is 4.77. The molecule has 0 radical (unpaired) electrons. The normalized spacial score (nSPS) is 21.0. The average Bonchev–Trinajstić information content (AvgIpc) is 2.65. The first-order chi connectivity index (χ1) is 6.99. The van der Waals surface area contributed by atoms with Gasteiger partial charge in [-0.3, -0.25) is 9.59 Å². The van der Waals surface area contributed by atoms with Crippen molar-refractivity contribution in [2.24, 2.45) is 5.41 Å². The van der Waals surface area contributed by atoms with Crippen molar-refractivity contribution < 1.29 is 9.59 Å². The molecule has 1 saturated carbocycles. The summed E-state index contributed by atoms with van der Waals surface area (Å²) < 4.78 is 0. The van der Waals surface area contributed by atoms with E-state index in [1.54, 1.807) is 6.92 Å². The molecule has 15 heavy (non-hydrogen) atoms. The number of nitrogens with one attached hydrogen (secondary N) is 1. The van der Waals surface area contributed by atoms with E-state index >= 15 is 0 Å². The van der Waals surface area contributed by atoms with E-state index in [0.29, 0.717) is 6.42 Å². The molecule has 0 spiro atoms. The molecule has 3 heteroatoms. The Morgan fingerprint density at radius 1 is 1.33 bits per heavy atom. The van der Waals surface area contributed by atoms with Gasteiger partial charge in [0.15, 0.2) is 5.78 Å². The fraction of sp³-hybridized carbons (Fsp3) is 0.833. The van der Waals surface area contributed by atoms with Gasteiger partial charge in [0.05, 0.1) is 6.04 Å². The molecule has 0 aromatic carbocycles. The van der Waals surface area contributed by atoms with E-state index in [1.807, 2.05) is 13.8 Å². The quantitative estimate of drug-likeness (QED) is 0.773. The summed E-state index contributed by atoms with van der Waals surface area (Å²) in [5, 5.41) is 2.82. The first-order valence-corrected chi connectivity index (χ1v) is 5.83. The van der Waals surface area contributed by atoms with Crippen LogP contribution in [0.5, 0.6) is 0 Å². The van der Waals surface area contributed by atoms with E-state index in [-0.39, 0.29) is 23.1 Å². The third kappa shape index (κ3) is 2.80. The molecular formula is C12H21NO2. The van der Waals surface area contributed by atoms with Gasteiger partial charge in [-0.25, -0.2) is 0 Å². The van der Waals surface area contributed by atoms with Crippen molar-refractivity contribution in [3.05, 3.63) is 0 Å². The number of rotatable bonds is 4. The van der Waals surface area contributed by atoms with Crippen LogP contribution in [0.4, 0.5) is 0 Å². The van der Waals surface area contributed by atoms with Gasteiger partial charge in [-0.2, -0.15) is 0 Å². The van der Waals surface area contributed by atoms with Crippen LogP contribution in [0.3, 0.4) is 0 Å². The van der Waals surface area contributed by atoms with Crippen LogP contribution in [0.25, 0.3) is 0 Å². The molecule has 0 aromatic rings. The molecule has 1 amide bonds. The van der Waals surface area contributed by atoms with Crippen LogP contribution in [0, 0.1) is 5.41 Å². The van der Waals surface area contributed by atoms with Gasteiger partial charge in [0.1, 0.15) is 0 Å². The van der Waals surface area contributed by atoms with Crippen molar-refractivity contribution >= 4 is 11.7 Å². The highest BCUT2D eigenvalue weighted by Crippen LogP contribution is 2.37. The van der Waals surface area contributed by atoms with Gasteiger partial charge in [-0.1, -0.05) is 26.7 Å². The molecule has 0 aromatic heterocycles. The highest BCUT2D eigenvalue weighted by molar-refractivity contribution is 5.90. The molecule has 0 saturated heterocycles. The predicted molar refractivity (Wildman–Crippen MR) is 59.5 cm³/mol. The minimum absolute atomic E-state index is 0.0503. The second-order valence-electron chi connectivity index (χ2n) is 4.78. The maximum atomic E-state index is 11.9. The number of Topliss-reactive ketones (excluding diaryl/α,β-unsaturated/α-hetero) is 1. The summed E-state index contributed by atoms with van der Waals surface area (Å²) in [4.78, 5) is 23.3. The Bertz CT molecular complexity index is 254. The predicted octanol–water partition coefficient (Wildman–Crippen LogP) is 2.05. The number of carbonyl (C=O) groups excluding carboxylic acids is 2. The van der Waals surface area contributed by atoms with Gasteiger partial charge >= 0.3 is 0 Å². The first-order valence-electron chi connectivity index (χ1n) is 5.83. The van der Waals surface area contributed by atoms with Crippen molar-refractivity contribution in [2.45, 2.75) is 58.9 Å². The smallest absolute Gasteiger partial charge is 0.226 e. The molecular weight excluding hydrogens is 190 g/mol. The van der Waals surface area contributed by atoms with Gasteiger partial charge in [0.25, 0.3) is 0 Å². The number of amides is 1. The second-order valence-corrected chi connectivity index (χ2v) is 4.78. The third-order valence-electron chi connectivity index (χ3n) is 3.43. The molecule has 86 valence electrons. The monoisotopic (exact) mass is 211 g/mol. The van der Waals surface area contributed by atoms with Crippen LogP contribution in [0.15, 0.2) is 0 Å². The van der Waals surface area contributed by atoms with E-state index < -0.39 is 0 Å². The Morgan fingerprint density at radius 3 is 2.33 bits per heavy atom. The Morgan fingerprint density at radius 2 is 1.87 bits per heavy atom. The van der Waals surface area contributed by atoms with Crippen molar-refractivity contribution in [1.82, 2.24) is 5.32 Å². The third-order valence-corrected chi connectivity index (χ3v) is 3.43. The summed E-state index contributed by atoms with van der Waals surface area (Å²) in [6.45, 7) is 5.59. The number of hydrogen-bond donors (Lipinski definition) is 1. The highest BCUT2D eigenvalue weighted by Gasteiger charge is 2.36. The van der Waals surface area contributed by atoms with Gasteiger partial charge in [-0.15, -0.1) is 0 Å². The summed E-state index contributed by atoms with van der Waals surface area (Å²) in [6, 6.07) is -0.333.